The van der Waals surface area contributed by atoms with Gasteiger partial charge < -0.3 is 10.4 Å². The molecule has 3 heteroatoms. The van der Waals surface area contributed by atoms with Crippen molar-refractivity contribution in [2.75, 3.05) is 6.54 Å². The highest BCUT2D eigenvalue weighted by molar-refractivity contribution is 5.68. The van der Waals surface area contributed by atoms with Gasteiger partial charge in [-0.1, -0.05) is 34.1 Å². The van der Waals surface area contributed by atoms with Crippen molar-refractivity contribution in [1.82, 2.24) is 5.32 Å². The fourth-order valence-corrected chi connectivity index (χ4v) is 3.68. The first-order chi connectivity index (χ1) is 7.91. The van der Waals surface area contributed by atoms with Crippen LogP contribution in [0.1, 0.15) is 53.4 Å². The number of hydrogen-bond acceptors (Lipinski definition) is 2. The summed E-state index contributed by atoms with van der Waals surface area (Å²) in [6.07, 6.45) is 3.64. The van der Waals surface area contributed by atoms with E-state index in [1.165, 1.54) is 6.42 Å². The quantitative estimate of drug-likeness (QED) is 0.778. The van der Waals surface area contributed by atoms with Gasteiger partial charge in [0.2, 0.25) is 0 Å². The van der Waals surface area contributed by atoms with Crippen LogP contribution in [0.2, 0.25) is 0 Å². The zero-order valence-electron chi connectivity index (χ0n) is 11.6. The third-order valence-corrected chi connectivity index (χ3v) is 4.19. The van der Waals surface area contributed by atoms with Crippen LogP contribution in [0.5, 0.6) is 0 Å². The molecule has 0 aromatic rings. The first-order valence-electron chi connectivity index (χ1n) is 6.88. The Balaban J connectivity index is 2.95. The Labute approximate surface area is 105 Å². The summed E-state index contributed by atoms with van der Waals surface area (Å²) in [5.41, 5.74) is -0.188. The van der Waals surface area contributed by atoms with Crippen molar-refractivity contribution in [2.45, 2.75) is 58.9 Å². The van der Waals surface area contributed by atoms with Gasteiger partial charge >= 0.3 is 5.97 Å². The van der Waals surface area contributed by atoms with E-state index in [0.717, 1.165) is 19.4 Å². The molecule has 100 valence electrons. The standard InChI is InChI=1S/C14H27NO2/c1-5-15-14(9-13(16)17)8-11(4)6-7-12(14)10(2)3/h10-12,15H,5-9H2,1-4H3,(H,16,17). The lowest BCUT2D eigenvalue weighted by molar-refractivity contribution is -0.140. The highest BCUT2D eigenvalue weighted by Crippen LogP contribution is 2.42. The minimum absolute atomic E-state index is 0.188. The first kappa shape index (κ1) is 14.5. The highest BCUT2D eigenvalue weighted by Gasteiger charge is 2.44. The maximum atomic E-state index is 11.2. The minimum Gasteiger partial charge on any atom is -0.481 e. The maximum absolute atomic E-state index is 11.2. The van der Waals surface area contributed by atoms with Crippen LogP contribution in [-0.4, -0.2) is 23.2 Å². The van der Waals surface area contributed by atoms with Crippen molar-refractivity contribution in [1.29, 1.82) is 0 Å². The van der Waals surface area contributed by atoms with Gasteiger partial charge in [-0.05, 0) is 37.1 Å². The van der Waals surface area contributed by atoms with E-state index in [0.29, 0.717) is 17.8 Å². The second-order valence-corrected chi connectivity index (χ2v) is 5.99. The molecule has 3 unspecified atom stereocenters. The molecular weight excluding hydrogens is 214 g/mol. The third kappa shape index (κ3) is 3.44. The number of aliphatic carboxylic acids is 1. The third-order valence-electron chi connectivity index (χ3n) is 4.19. The lowest BCUT2D eigenvalue weighted by atomic mass is 9.63. The second kappa shape index (κ2) is 5.85. The summed E-state index contributed by atoms with van der Waals surface area (Å²) >= 11 is 0. The van der Waals surface area contributed by atoms with E-state index in [-0.39, 0.29) is 12.0 Å². The molecule has 3 atom stereocenters. The number of carboxylic acid groups (broad SMARTS) is 1. The van der Waals surface area contributed by atoms with E-state index in [9.17, 15) is 9.90 Å². The number of hydrogen-bond donors (Lipinski definition) is 2. The van der Waals surface area contributed by atoms with E-state index in [1.807, 2.05) is 0 Å². The molecule has 0 aromatic heterocycles. The molecule has 0 aromatic carbocycles. The fourth-order valence-electron chi connectivity index (χ4n) is 3.68. The van der Waals surface area contributed by atoms with Gasteiger partial charge in [-0.15, -0.1) is 0 Å². The predicted octanol–water partition coefficient (Wildman–Crippen LogP) is 2.90. The van der Waals surface area contributed by atoms with E-state index in [1.54, 1.807) is 0 Å². The van der Waals surface area contributed by atoms with Crippen LogP contribution >= 0.6 is 0 Å². The first-order valence-corrected chi connectivity index (χ1v) is 6.88. The van der Waals surface area contributed by atoms with E-state index < -0.39 is 5.97 Å². The molecule has 17 heavy (non-hydrogen) atoms. The van der Waals surface area contributed by atoms with Gasteiger partial charge in [0.1, 0.15) is 0 Å². The lowest BCUT2D eigenvalue weighted by Gasteiger charge is -2.48. The van der Waals surface area contributed by atoms with Crippen LogP contribution in [0.4, 0.5) is 0 Å². The molecular formula is C14H27NO2. The van der Waals surface area contributed by atoms with Gasteiger partial charge in [0, 0.05) is 5.54 Å². The lowest BCUT2D eigenvalue weighted by Crippen LogP contribution is -2.57. The van der Waals surface area contributed by atoms with Gasteiger partial charge in [-0.25, -0.2) is 0 Å². The van der Waals surface area contributed by atoms with Crippen LogP contribution < -0.4 is 5.32 Å². The summed E-state index contributed by atoms with van der Waals surface area (Å²) in [6.45, 7) is 9.59. The summed E-state index contributed by atoms with van der Waals surface area (Å²) < 4.78 is 0. The molecule has 2 N–H and O–H groups in total. The molecule has 1 rings (SSSR count). The average Bonchev–Trinajstić information content (AvgIpc) is 2.15. The maximum Gasteiger partial charge on any atom is 0.305 e. The van der Waals surface area contributed by atoms with Crippen molar-refractivity contribution < 1.29 is 9.90 Å². The molecule has 0 bridgehead atoms. The Bertz CT molecular complexity index is 265. The molecule has 0 aliphatic heterocycles. The van der Waals surface area contributed by atoms with Gasteiger partial charge in [-0.2, -0.15) is 0 Å². The van der Waals surface area contributed by atoms with Gasteiger partial charge in [0.25, 0.3) is 0 Å². The van der Waals surface area contributed by atoms with Crippen molar-refractivity contribution in [3.63, 3.8) is 0 Å². The monoisotopic (exact) mass is 241 g/mol. The van der Waals surface area contributed by atoms with Crippen LogP contribution in [-0.2, 0) is 4.79 Å². The Morgan fingerprint density at radius 1 is 1.47 bits per heavy atom. The highest BCUT2D eigenvalue weighted by atomic mass is 16.4. The molecule has 0 radical (unpaired) electrons. The van der Waals surface area contributed by atoms with Crippen molar-refractivity contribution >= 4 is 5.97 Å². The molecule has 1 aliphatic rings. The second-order valence-electron chi connectivity index (χ2n) is 5.99. The molecule has 0 spiro atoms. The molecule has 1 fully saturated rings. The Hall–Kier alpha value is -0.570. The summed E-state index contributed by atoms with van der Waals surface area (Å²) in [5, 5.41) is 12.7. The average molecular weight is 241 g/mol. The Morgan fingerprint density at radius 3 is 2.59 bits per heavy atom. The van der Waals surface area contributed by atoms with Crippen LogP contribution in [0.3, 0.4) is 0 Å². The summed E-state index contributed by atoms with van der Waals surface area (Å²) in [7, 11) is 0. The Morgan fingerprint density at radius 2 is 2.12 bits per heavy atom. The Kier molecular flexibility index (Phi) is 4.99. The van der Waals surface area contributed by atoms with Gasteiger partial charge in [0.15, 0.2) is 0 Å². The van der Waals surface area contributed by atoms with E-state index in [4.69, 9.17) is 0 Å². The van der Waals surface area contributed by atoms with Gasteiger partial charge in [-0.3, -0.25) is 4.79 Å². The zero-order valence-corrected chi connectivity index (χ0v) is 11.6. The fraction of sp³-hybridized carbons (Fsp3) is 0.929. The molecule has 0 heterocycles. The molecule has 1 aliphatic carbocycles. The molecule has 0 amide bonds. The number of nitrogens with one attached hydrogen (secondary N) is 1. The molecule has 0 saturated heterocycles. The largest absolute Gasteiger partial charge is 0.481 e. The van der Waals surface area contributed by atoms with Crippen LogP contribution in [0.25, 0.3) is 0 Å². The summed E-state index contributed by atoms with van der Waals surface area (Å²) in [4.78, 5) is 11.2. The van der Waals surface area contributed by atoms with Crippen molar-refractivity contribution in [3.05, 3.63) is 0 Å². The molecule has 1 saturated carbocycles. The SMILES string of the molecule is CCNC1(CC(=O)O)CC(C)CCC1C(C)C. The van der Waals surface area contributed by atoms with Gasteiger partial charge in [0.05, 0.1) is 6.42 Å². The topological polar surface area (TPSA) is 49.3 Å². The zero-order chi connectivity index (χ0) is 13.1. The number of carbonyl (C=O) groups is 1. The van der Waals surface area contributed by atoms with Crippen LogP contribution in [0.15, 0.2) is 0 Å². The van der Waals surface area contributed by atoms with E-state index in [2.05, 4.69) is 33.0 Å². The molecule has 3 nitrogen and oxygen atoms in total. The summed E-state index contributed by atoms with van der Waals surface area (Å²) in [5.74, 6) is 0.977. The van der Waals surface area contributed by atoms with Crippen molar-refractivity contribution in [3.8, 4) is 0 Å². The van der Waals surface area contributed by atoms with Crippen LogP contribution in [0, 0.1) is 17.8 Å². The van der Waals surface area contributed by atoms with E-state index >= 15 is 0 Å². The predicted molar refractivity (Wildman–Crippen MR) is 70.0 cm³/mol. The minimum atomic E-state index is -0.675. The number of rotatable bonds is 5. The van der Waals surface area contributed by atoms with Crippen molar-refractivity contribution in [2.24, 2.45) is 17.8 Å². The summed E-state index contributed by atoms with van der Waals surface area (Å²) in [6, 6.07) is 0. The smallest absolute Gasteiger partial charge is 0.305 e. The number of carboxylic acids is 1. The normalized spacial score (nSPS) is 33.9.